The molecule has 2 aromatic carbocycles. The highest BCUT2D eigenvalue weighted by molar-refractivity contribution is 6.31. The molecule has 8 heteroatoms. The lowest BCUT2D eigenvalue weighted by molar-refractivity contribution is -0.385. The van der Waals surface area contributed by atoms with Crippen LogP contribution < -0.4 is 14.8 Å². The predicted octanol–water partition coefficient (Wildman–Crippen LogP) is 2.95. The van der Waals surface area contributed by atoms with Gasteiger partial charge in [0.25, 0.3) is 11.6 Å². The van der Waals surface area contributed by atoms with Crippen LogP contribution in [0.25, 0.3) is 0 Å². The van der Waals surface area contributed by atoms with E-state index in [2.05, 4.69) is 5.32 Å². The van der Waals surface area contributed by atoms with Gasteiger partial charge in [-0.25, -0.2) is 0 Å². The van der Waals surface area contributed by atoms with E-state index in [0.29, 0.717) is 10.8 Å². The van der Waals surface area contributed by atoms with Gasteiger partial charge in [0.05, 0.1) is 18.1 Å². The molecule has 0 aliphatic carbocycles. The fourth-order valence-corrected chi connectivity index (χ4v) is 2.12. The highest BCUT2D eigenvalue weighted by atomic mass is 35.5. The maximum absolute atomic E-state index is 11.9. The standard InChI is InChI=1S/C16H15ClN2O5/c1-23-14-7-6-12(19(21)22)8-15(14)24-10-16(20)18-9-11-4-2-3-5-13(11)17/h2-8H,9-10H2,1H3,(H,18,20). The molecule has 0 atom stereocenters. The van der Waals surface area contributed by atoms with E-state index in [-0.39, 0.29) is 30.5 Å². The van der Waals surface area contributed by atoms with Crippen molar-refractivity contribution in [3.8, 4) is 11.5 Å². The summed E-state index contributed by atoms with van der Waals surface area (Å²) in [5.41, 5.74) is 0.628. The molecule has 1 N–H and O–H groups in total. The van der Waals surface area contributed by atoms with Crippen LogP contribution in [0.3, 0.4) is 0 Å². The summed E-state index contributed by atoms with van der Waals surface area (Å²) in [7, 11) is 1.41. The Balaban J connectivity index is 1.95. The van der Waals surface area contributed by atoms with Crippen molar-refractivity contribution < 1.29 is 19.2 Å². The van der Waals surface area contributed by atoms with E-state index in [9.17, 15) is 14.9 Å². The summed E-state index contributed by atoms with van der Waals surface area (Å²) in [5, 5.41) is 14.0. The number of nitrogens with one attached hydrogen (secondary N) is 1. The lowest BCUT2D eigenvalue weighted by Gasteiger charge is -2.11. The summed E-state index contributed by atoms with van der Waals surface area (Å²) in [4.78, 5) is 22.1. The molecule has 0 bridgehead atoms. The SMILES string of the molecule is COc1ccc([N+](=O)[O-])cc1OCC(=O)NCc1ccccc1Cl. The van der Waals surface area contributed by atoms with E-state index in [0.717, 1.165) is 5.56 Å². The predicted molar refractivity (Wildman–Crippen MR) is 88.4 cm³/mol. The number of non-ortho nitro benzene ring substituents is 1. The molecule has 0 radical (unpaired) electrons. The number of carbonyl (C=O) groups is 1. The maximum atomic E-state index is 11.9. The number of hydrogen-bond donors (Lipinski definition) is 1. The minimum atomic E-state index is -0.552. The van der Waals surface area contributed by atoms with Crippen molar-refractivity contribution in [3.05, 3.63) is 63.2 Å². The van der Waals surface area contributed by atoms with Crippen molar-refractivity contribution in [2.45, 2.75) is 6.54 Å². The first-order chi connectivity index (χ1) is 11.5. The van der Waals surface area contributed by atoms with Crippen LogP contribution in [-0.2, 0) is 11.3 Å². The number of carbonyl (C=O) groups excluding carboxylic acids is 1. The van der Waals surface area contributed by atoms with Gasteiger partial charge in [-0.05, 0) is 17.7 Å². The quantitative estimate of drug-likeness (QED) is 0.612. The molecule has 0 unspecified atom stereocenters. The van der Waals surface area contributed by atoms with Crippen LogP contribution in [-0.4, -0.2) is 24.5 Å². The van der Waals surface area contributed by atoms with Crippen molar-refractivity contribution in [1.82, 2.24) is 5.32 Å². The summed E-state index contributed by atoms with van der Waals surface area (Å²) in [6.45, 7) is -0.0457. The summed E-state index contributed by atoms with van der Waals surface area (Å²) in [5.74, 6) is 0.0441. The molecule has 1 amide bonds. The highest BCUT2D eigenvalue weighted by Crippen LogP contribution is 2.31. The maximum Gasteiger partial charge on any atom is 0.273 e. The Morgan fingerprint density at radius 2 is 2.00 bits per heavy atom. The van der Waals surface area contributed by atoms with Gasteiger partial charge in [-0.15, -0.1) is 0 Å². The van der Waals surface area contributed by atoms with Gasteiger partial charge in [0, 0.05) is 17.6 Å². The Hall–Kier alpha value is -2.80. The second-order valence-electron chi connectivity index (χ2n) is 4.75. The van der Waals surface area contributed by atoms with Crippen LogP contribution in [0.5, 0.6) is 11.5 Å². The zero-order chi connectivity index (χ0) is 17.5. The monoisotopic (exact) mass is 350 g/mol. The van der Waals surface area contributed by atoms with Gasteiger partial charge in [0.1, 0.15) is 0 Å². The third-order valence-corrected chi connectivity index (χ3v) is 3.52. The lowest BCUT2D eigenvalue weighted by Crippen LogP contribution is -2.28. The summed E-state index contributed by atoms with van der Waals surface area (Å²) in [6, 6.07) is 11.1. The van der Waals surface area contributed by atoms with Crippen molar-refractivity contribution in [2.75, 3.05) is 13.7 Å². The Morgan fingerprint density at radius 3 is 2.67 bits per heavy atom. The zero-order valence-corrected chi connectivity index (χ0v) is 13.6. The molecule has 2 aromatic rings. The van der Waals surface area contributed by atoms with Gasteiger partial charge in [-0.3, -0.25) is 14.9 Å². The van der Waals surface area contributed by atoms with Crippen LogP contribution in [0.4, 0.5) is 5.69 Å². The number of halogens is 1. The van der Waals surface area contributed by atoms with Gasteiger partial charge >= 0.3 is 0 Å². The Labute approximate surface area is 143 Å². The Bertz CT molecular complexity index is 751. The molecule has 0 fully saturated rings. The first-order valence-electron chi connectivity index (χ1n) is 6.96. The molecule has 0 aliphatic rings. The Kier molecular flexibility index (Phi) is 5.97. The number of nitro groups is 1. The molecule has 2 rings (SSSR count). The van der Waals surface area contributed by atoms with E-state index in [4.69, 9.17) is 21.1 Å². The average Bonchev–Trinajstić information content (AvgIpc) is 2.58. The van der Waals surface area contributed by atoms with Gasteiger partial charge in [0.15, 0.2) is 18.1 Å². The molecule has 0 saturated heterocycles. The zero-order valence-electron chi connectivity index (χ0n) is 12.8. The van der Waals surface area contributed by atoms with Crippen LogP contribution in [0, 0.1) is 10.1 Å². The molecular weight excluding hydrogens is 336 g/mol. The van der Waals surface area contributed by atoms with Gasteiger partial charge in [0.2, 0.25) is 0 Å². The highest BCUT2D eigenvalue weighted by Gasteiger charge is 2.14. The van der Waals surface area contributed by atoms with Crippen LogP contribution >= 0.6 is 11.6 Å². The molecule has 0 aliphatic heterocycles. The number of rotatable bonds is 7. The molecule has 126 valence electrons. The number of hydrogen-bond acceptors (Lipinski definition) is 5. The second-order valence-corrected chi connectivity index (χ2v) is 5.16. The van der Waals surface area contributed by atoms with E-state index in [1.165, 1.54) is 25.3 Å². The number of methoxy groups -OCH3 is 1. The fraction of sp³-hybridized carbons (Fsp3) is 0.188. The van der Waals surface area contributed by atoms with E-state index in [1.807, 2.05) is 6.07 Å². The van der Waals surface area contributed by atoms with Crippen LogP contribution in [0.1, 0.15) is 5.56 Å². The third kappa shape index (κ3) is 4.60. The summed E-state index contributed by atoms with van der Waals surface area (Å²) >= 11 is 6.00. The summed E-state index contributed by atoms with van der Waals surface area (Å²) in [6.07, 6.45) is 0. The first kappa shape index (κ1) is 17.6. The third-order valence-electron chi connectivity index (χ3n) is 3.15. The molecule has 7 nitrogen and oxygen atoms in total. The lowest BCUT2D eigenvalue weighted by atomic mass is 10.2. The number of amides is 1. The van der Waals surface area contributed by atoms with Crippen molar-refractivity contribution >= 4 is 23.2 Å². The van der Waals surface area contributed by atoms with Crippen LogP contribution in [0.15, 0.2) is 42.5 Å². The number of nitrogens with zero attached hydrogens (tertiary/aromatic N) is 1. The van der Waals surface area contributed by atoms with Gasteiger partial charge in [-0.2, -0.15) is 0 Å². The van der Waals surface area contributed by atoms with E-state index in [1.54, 1.807) is 18.2 Å². The topological polar surface area (TPSA) is 90.7 Å². The normalized spacial score (nSPS) is 10.1. The first-order valence-corrected chi connectivity index (χ1v) is 7.34. The smallest absolute Gasteiger partial charge is 0.273 e. The number of benzene rings is 2. The van der Waals surface area contributed by atoms with Crippen molar-refractivity contribution in [1.29, 1.82) is 0 Å². The van der Waals surface area contributed by atoms with E-state index >= 15 is 0 Å². The van der Waals surface area contributed by atoms with Gasteiger partial charge in [-0.1, -0.05) is 29.8 Å². The van der Waals surface area contributed by atoms with Crippen LogP contribution in [0.2, 0.25) is 5.02 Å². The largest absolute Gasteiger partial charge is 0.493 e. The number of ether oxygens (including phenoxy) is 2. The second kappa shape index (κ2) is 8.16. The molecule has 0 saturated carbocycles. The molecular formula is C16H15ClN2O5. The molecule has 0 heterocycles. The summed E-state index contributed by atoms with van der Waals surface area (Å²) < 4.78 is 10.4. The average molecular weight is 351 g/mol. The fourth-order valence-electron chi connectivity index (χ4n) is 1.92. The molecule has 0 spiro atoms. The van der Waals surface area contributed by atoms with Crippen molar-refractivity contribution in [2.24, 2.45) is 0 Å². The van der Waals surface area contributed by atoms with Crippen molar-refractivity contribution in [3.63, 3.8) is 0 Å². The van der Waals surface area contributed by atoms with Gasteiger partial charge < -0.3 is 14.8 Å². The minimum absolute atomic E-state index is 0.125. The Morgan fingerprint density at radius 1 is 1.25 bits per heavy atom. The minimum Gasteiger partial charge on any atom is -0.493 e. The van der Waals surface area contributed by atoms with E-state index < -0.39 is 4.92 Å². The molecule has 24 heavy (non-hydrogen) atoms. The molecule has 0 aromatic heterocycles. The number of nitro benzene ring substituents is 1.